The number of rotatable bonds is 4. The molecule has 0 aliphatic carbocycles. The zero-order valence-electron chi connectivity index (χ0n) is 12.1. The van der Waals surface area contributed by atoms with Gasteiger partial charge in [0.15, 0.2) is 11.5 Å². The van der Waals surface area contributed by atoms with Crippen molar-refractivity contribution in [2.45, 2.75) is 13.5 Å². The number of amides is 1. The van der Waals surface area contributed by atoms with Crippen LogP contribution < -0.4 is 5.32 Å². The van der Waals surface area contributed by atoms with E-state index in [0.717, 1.165) is 5.56 Å². The number of benzene rings is 2. The lowest BCUT2D eigenvalue weighted by atomic mass is 10.1. The maximum atomic E-state index is 12.0. The van der Waals surface area contributed by atoms with Gasteiger partial charge >= 0.3 is 0 Å². The molecule has 0 saturated carbocycles. The molecule has 2 aromatic rings. The third-order valence-corrected chi connectivity index (χ3v) is 3.45. The van der Waals surface area contributed by atoms with Crippen LogP contribution in [-0.2, 0) is 16.1 Å². The Balaban J connectivity index is 1.95. The zero-order valence-corrected chi connectivity index (χ0v) is 12.1. The number of hydrogen-bond acceptors (Lipinski definition) is 3. The fraction of sp³-hybridized carbons (Fsp3) is 0.111. The highest BCUT2D eigenvalue weighted by Crippen LogP contribution is 2.28. The Morgan fingerprint density at radius 2 is 1.64 bits per heavy atom. The van der Waals surface area contributed by atoms with Gasteiger partial charge in [-0.1, -0.05) is 48.5 Å². The second-order valence-corrected chi connectivity index (χ2v) is 5.03. The molecule has 22 heavy (non-hydrogen) atoms. The zero-order chi connectivity index (χ0) is 15.5. The molecular weight excluding hydrogens is 278 g/mol. The van der Waals surface area contributed by atoms with Crippen LogP contribution >= 0.6 is 0 Å². The standard InChI is InChI=1S/C18H15NO3/c1-12(20)17(22-11-13-7-3-2-4-8-13)16-14-9-5-6-10-15(14)18(21)19-16/h2-10H,11H2,1H3,(H,19,21)/b17-16-. The smallest absolute Gasteiger partial charge is 0.256 e. The SMILES string of the molecule is CC(=O)/C(OCc1ccccc1)=C1/NC(=O)c2ccccc21. The van der Waals surface area contributed by atoms with Gasteiger partial charge in [0.05, 0.1) is 5.70 Å². The van der Waals surface area contributed by atoms with Gasteiger partial charge in [-0.3, -0.25) is 9.59 Å². The van der Waals surface area contributed by atoms with Crippen LogP contribution in [0, 0.1) is 0 Å². The summed E-state index contributed by atoms with van der Waals surface area (Å²) in [6, 6.07) is 16.7. The summed E-state index contributed by atoms with van der Waals surface area (Å²) in [5, 5.41) is 2.73. The van der Waals surface area contributed by atoms with Crippen LogP contribution in [0.5, 0.6) is 0 Å². The van der Waals surface area contributed by atoms with Crippen LogP contribution in [0.15, 0.2) is 60.4 Å². The molecule has 1 N–H and O–H groups in total. The Morgan fingerprint density at radius 3 is 2.32 bits per heavy atom. The molecule has 0 radical (unpaired) electrons. The molecule has 0 bridgehead atoms. The Kier molecular flexibility index (Phi) is 3.74. The number of Topliss-reactive ketones (excluding diaryl/α,β-unsaturated/α-hetero) is 1. The molecule has 1 aliphatic heterocycles. The van der Waals surface area contributed by atoms with Crippen LogP contribution in [0.3, 0.4) is 0 Å². The van der Waals surface area contributed by atoms with Crippen LogP contribution in [0.1, 0.15) is 28.4 Å². The molecule has 3 rings (SSSR count). The molecule has 4 nitrogen and oxygen atoms in total. The lowest BCUT2D eigenvalue weighted by Crippen LogP contribution is -2.17. The second-order valence-electron chi connectivity index (χ2n) is 5.03. The number of ether oxygens (including phenoxy) is 1. The molecule has 0 aromatic heterocycles. The van der Waals surface area contributed by atoms with E-state index in [1.54, 1.807) is 18.2 Å². The summed E-state index contributed by atoms with van der Waals surface area (Å²) in [6.07, 6.45) is 0. The minimum Gasteiger partial charge on any atom is -0.483 e. The normalized spacial score (nSPS) is 15.0. The first kappa shape index (κ1) is 14.1. The second kappa shape index (κ2) is 5.85. The molecular formula is C18H15NO3. The Morgan fingerprint density at radius 1 is 1.00 bits per heavy atom. The van der Waals surface area contributed by atoms with Crippen molar-refractivity contribution in [2.75, 3.05) is 0 Å². The summed E-state index contributed by atoms with van der Waals surface area (Å²) in [7, 11) is 0. The van der Waals surface area contributed by atoms with Crippen LogP contribution in [0.2, 0.25) is 0 Å². The average molecular weight is 293 g/mol. The van der Waals surface area contributed by atoms with Crippen molar-refractivity contribution in [3.63, 3.8) is 0 Å². The summed E-state index contributed by atoms with van der Waals surface area (Å²) in [5.41, 5.74) is 2.66. The van der Waals surface area contributed by atoms with Crippen LogP contribution in [-0.4, -0.2) is 11.7 Å². The maximum absolute atomic E-state index is 12.0. The van der Waals surface area contributed by atoms with E-state index >= 15 is 0 Å². The summed E-state index contributed by atoms with van der Waals surface area (Å²) < 4.78 is 5.69. The van der Waals surface area contributed by atoms with Crippen LogP contribution in [0.25, 0.3) is 5.70 Å². The lowest BCUT2D eigenvalue weighted by molar-refractivity contribution is -0.117. The van der Waals surface area contributed by atoms with Gasteiger partial charge in [-0.15, -0.1) is 0 Å². The average Bonchev–Trinajstić information content (AvgIpc) is 2.86. The fourth-order valence-corrected chi connectivity index (χ4v) is 2.41. The first-order valence-corrected chi connectivity index (χ1v) is 6.99. The Hall–Kier alpha value is -2.88. The molecule has 0 fully saturated rings. The molecule has 1 amide bonds. The summed E-state index contributed by atoms with van der Waals surface area (Å²) in [5.74, 6) is -0.252. The molecule has 0 saturated heterocycles. The Labute approximate surface area is 128 Å². The van der Waals surface area contributed by atoms with E-state index in [9.17, 15) is 9.59 Å². The quantitative estimate of drug-likeness (QED) is 0.696. The van der Waals surface area contributed by atoms with Gasteiger partial charge in [-0.25, -0.2) is 0 Å². The Bertz CT molecular complexity index is 763. The maximum Gasteiger partial charge on any atom is 0.256 e. The number of allylic oxidation sites excluding steroid dienone is 1. The first-order chi connectivity index (χ1) is 10.7. The van der Waals surface area contributed by atoms with Crippen molar-refractivity contribution < 1.29 is 14.3 Å². The molecule has 0 spiro atoms. The predicted molar refractivity (Wildman–Crippen MR) is 82.7 cm³/mol. The van der Waals surface area contributed by atoms with Gasteiger partial charge in [-0.05, 0) is 11.6 Å². The van der Waals surface area contributed by atoms with Crippen molar-refractivity contribution in [3.8, 4) is 0 Å². The highest BCUT2D eigenvalue weighted by Gasteiger charge is 2.28. The molecule has 0 unspecified atom stereocenters. The van der Waals surface area contributed by atoms with Crippen molar-refractivity contribution in [2.24, 2.45) is 0 Å². The fourth-order valence-electron chi connectivity index (χ4n) is 2.41. The van der Waals surface area contributed by atoms with Crippen molar-refractivity contribution in [1.29, 1.82) is 0 Å². The molecule has 110 valence electrons. The third-order valence-electron chi connectivity index (χ3n) is 3.45. The summed E-state index contributed by atoms with van der Waals surface area (Å²) >= 11 is 0. The van der Waals surface area contributed by atoms with E-state index in [2.05, 4.69) is 5.32 Å². The number of ketones is 1. The summed E-state index contributed by atoms with van der Waals surface area (Å²) in [6.45, 7) is 1.71. The molecule has 4 heteroatoms. The van der Waals surface area contributed by atoms with Gasteiger partial charge in [-0.2, -0.15) is 0 Å². The van der Waals surface area contributed by atoms with Crippen LogP contribution in [0.4, 0.5) is 0 Å². The topological polar surface area (TPSA) is 55.4 Å². The van der Waals surface area contributed by atoms with Gasteiger partial charge in [0.2, 0.25) is 0 Å². The third kappa shape index (κ3) is 2.63. The number of fused-ring (bicyclic) bond motifs is 1. The monoisotopic (exact) mass is 293 g/mol. The van der Waals surface area contributed by atoms with Gasteiger partial charge in [0.25, 0.3) is 5.91 Å². The van der Waals surface area contributed by atoms with Crippen molar-refractivity contribution in [3.05, 3.63) is 77.0 Å². The van der Waals surface area contributed by atoms with E-state index in [4.69, 9.17) is 4.74 Å². The largest absolute Gasteiger partial charge is 0.483 e. The molecule has 1 aliphatic rings. The van der Waals surface area contributed by atoms with Gasteiger partial charge < -0.3 is 10.1 Å². The van der Waals surface area contributed by atoms with Gasteiger partial charge in [0, 0.05) is 18.1 Å². The number of hydrogen-bond donors (Lipinski definition) is 1. The minimum atomic E-state index is -0.220. The van der Waals surface area contributed by atoms with Crippen molar-refractivity contribution >= 4 is 17.4 Å². The van der Waals surface area contributed by atoms with E-state index in [0.29, 0.717) is 16.8 Å². The number of carbonyl (C=O) groups excluding carboxylic acids is 2. The molecule has 0 atom stereocenters. The summed E-state index contributed by atoms with van der Waals surface area (Å²) in [4.78, 5) is 23.9. The first-order valence-electron chi connectivity index (χ1n) is 6.99. The highest BCUT2D eigenvalue weighted by atomic mass is 16.5. The van der Waals surface area contributed by atoms with Gasteiger partial charge in [0.1, 0.15) is 6.61 Å². The molecule has 2 aromatic carbocycles. The lowest BCUT2D eigenvalue weighted by Gasteiger charge is -2.11. The number of carbonyl (C=O) groups is 2. The van der Waals surface area contributed by atoms with E-state index < -0.39 is 0 Å². The van der Waals surface area contributed by atoms with E-state index in [1.807, 2.05) is 36.4 Å². The number of nitrogens with one attached hydrogen (secondary N) is 1. The highest BCUT2D eigenvalue weighted by molar-refractivity contribution is 6.13. The molecule has 1 heterocycles. The predicted octanol–water partition coefficient (Wildman–Crippen LogP) is 2.90. The minimum absolute atomic E-state index is 0.183. The van der Waals surface area contributed by atoms with E-state index in [1.165, 1.54) is 6.92 Å². The van der Waals surface area contributed by atoms with Crippen molar-refractivity contribution in [1.82, 2.24) is 5.32 Å². The van der Waals surface area contributed by atoms with E-state index in [-0.39, 0.29) is 24.1 Å².